The van der Waals surface area contributed by atoms with Crippen LogP contribution in [0.15, 0.2) is 16.8 Å². The molecule has 2 aromatic rings. The summed E-state index contributed by atoms with van der Waals surface area (Å²) in [4.78, 5) is 4.63. The van der Waals surface area contributed by atoms with Crippen molar-refractivity contribution in [3.05, 3.63) is 23.8 Å². The molecule has 0 aliphatic carbocycles. The predicted molar refractivity (Wildman–Crippen MR) is 87.7 cm³/mol. The van der Waals surface area contributed by atoms with Gasteiger partial charge in [0.1, 0.15) is 0 Å². The molecule has 2 saturated heterocycles. The van der Waals surface area contributed by atoms with E-state index in [0.717, 1.165) is 52.2 Å². The highest BCUT2D eigenvalue weighted by Gasteiger charge is 2.41. The number of nitrogens with zero attached hydrogens (tertiary/aromatic N) is 6. The molecule has 8 heteroatoms. The number of aryl methyl sites for hydroxylation is 2. The van der Waals surface area contributed by atoms with Crippen LogP contribution in [0, 0.1) is 6.92 Å². The largest absolute Gasteiger partial charge is 0.408 e. The van der Waals surface area contributed by atoms with Crippen molar-refractivity contribution in [3.8, 4) is 0 Å². The fraction of sp³-hybridized carbons (Fsp3) is 0.688. The normalized spacial score (nSPS) is 25.5. The highest BCUT2D eigenvalue weighted by molar-refractivity contribution is 5.27. The first kappa shape index (κ1) is 15.6. The van der Waals surface area contributed by atoms with Gasteiger partial charge < -0.3 is 14.1 Å². The van der Waals surface area contributed by atoms with Crippen LogP contribution in [0.5, 0.6) is 0 Å². The minimum atomic E-state index is -0.152. The minimum Gasteiger partial charge on any atom is -0.408 e. The van der Waals surface area contributed by atoms with Crippen LogP contribution in [0.2, 0.25) is 0 Å². The number of rotatable bonds is 3. The molecule has 8 nitrogen and oxygen atoms in total. The number of hydrogen-bond acceptors (Lipinski definition) is 7. The van der Waals surface area contributed by atoms with E-state index in [1.165, 1.54) is 5.56 Å². The van der Waals surface area contributed by atoms with Crippen molar-refractivity contribution in [1.29, 1.82) is 0 Å². The summed E-state index contributed by atoms with van der Waals surface area (Å²) in [6.07, 6.45) is 6.16. The van der Waals surface area contributed by atoms with Crippen LogP contribution in [0.3, 0.4) is 0 Å². The van der Waals surface area contributed by atoms with E-state index in [-0.39, 0.29) is 5.60 Å². The van der Waals surface area contributed by atoms with Gasteiger partial charge in [0.05, 0.1) is 24.9 Å². The van der Waals surface area contributed by atoms with E-state index in [9.17, 15) is 0 Å². The molecule has 4 heterocycles. The van der Waals surface area contributed by atoms with Crippen LogP contribution in [0.25, 0.3) is 0 Å². The standard InChI is InChI=1S/C16H24N6O2/c1-13-18-19-15(24-13)22-5-3-4-16(12-22)11-21(6-7-23-16)10-14-8-17-20(2)9-14/h8-9H,3-7,10-12H2,1-2H3/t16-/m1/s1. The molecule has 0 amide bonds. The van der Waals surface area contributed by atoms with Gasteiger partial charge in [0.15, 0.2) is 0 Å². The lowest BCUT2D eigenvalue weighted by Crippen LogP contribution is -2.59. The van der Waals surface area contributed by atoms with E-state index in [1.807, 2.05) is 24.9 Å². The smallest absolute Gasteiger partial charge is 0.318 e. The molecule has 2 fully saturated rings. The zero-order valence-corrected chi connectivity index (χ0v) is 14.3. The Labute approximate surface area is 141 Å². The van der Waals surface area contributed by atoms with Gasteiger partial charge in [-0.3, -0.25) is 9.58 Å². The summed E-state index contributed by atoms with van der Waals surface area (Å²) in [5.41, 5.74) is 1.09. The van der Waals surface area contributed by atoms with E-state index >= 15 is 0 Å². The predicted octanol–water partition coefficient (Wildman–Crippen LogP) is 0.983. The fourth-order valence-corrected chi connectivity index (χ4v) is 3.79. The number of ether oxygens (including phenoxy) is 1. The third-order valence-corrected chi connectivity index (χ3v) is 4.82. The zero-order valence-electron chi connectivity index (χ0n) is 14.3. The van der Waals surface area contributed by atoms with Crippen LogP contribution in [-0.2, 0) is 18.3 Å². The van der Waals surface area contributed by atoms with E-state index in [4.69, 9.17) is 9.15 Å². The van der Waals surface area contributed by atoms with Gasteiger partial charge in [0.2, 0.25) is 5.89 Å². The summed E-state index contributed by atoms with van der Waals surface area (Å²) in [5, 5.41) is 12.4. The van der Waals surface area contributed by atoms with Crippen molar-refractivity contribution in [3.63, 3.8) is 0 Å². The van der Waals surface area contributed by atoms with Crippen molar-refractivity contribution in [2.24, 2.45) is 7.05 Å². The van der Waals surface area contributed by atoms with E-state index in [1.54, 1.807) is 0 Å². The maximum absolute atomic E-state index is 6.24. The number of aromatic nitrogens is 4. The van der Waals surface area contributed by atoms with Gasteiger partial charge in [0.25, 0.3) is 0 Å². The van der Waals surface area contributed by atoms with Crippen molar-refractivity contribution < 1.29 is 9.15 Å². The van der Waals surface area contributed by atoms with Crippen LogP contribution < -0.4 is 4.90 Å². The van der Waals surface area contributed by atoms with Gasteiger partial charge in [-0.2, -0.15) is 5.10 Å². The average Bonchev–Trinajstić information content (AvgIpc) is 3.16. The third kappa shape index (κ3) is 3.16. The number of anilines is 1. The maximum Gasteiger partial charge on any atom is 0.318 e. The third-order valence-electron chi connectivity index (χ3n) is 4.82. The second kappa shape index (κ2) is 6.18. The average molecular weight is 332 g/mol. The topological polar surface area (TPSA) is 72.5 Å². The molecular formula is C16H24N6O2. The minimum absolute atomic E-state index is 0.152. The summed E-state index contributed by atoms with van der Waals surface area (Å²) in [7, 11) is 1.95. The molecule has 2 aromatic heterocycles. The first-order valence-corrected chi connectivity index (χ1v) is 8.51. The first-order chi connectivity index (χ1) is 11.6. The number of morpholine rings is 1. The monoisotopic (exact) mass is 332 g/mol. The molecule has 0 N–H and O–H groups in total. The van der Waals surface area contributed by atoms with Crippen LogP contribution in [0.4, 0.5) is 6.01 Å². The summed E-state index contributed by atoms with van der Waals surface area (Å²) < 4.78 is 13.7. The van der Waals surface area contributed by atoms with Gasteiger partial charge in [0, 0.05) is 51.9 Å². The Balaban J connectivity index is 1.45. The molecule has 1 atom stereocenters. The molecule has 4 rings (SSSR count). The van der Waals surface area contributed by atoms with Gasteiger partial charge in [-0.25, -0.2) is 0 Å². The van der Waals surface area contributed by atoms with Crippen molar-refractivity contribution in [2.45, 2.75) is 31.9 Å². The molecule has 0 bridgehead atoms. The first-order valence-electron chi connectivity index (χ1n) is 8.51. The van der Waals surface area contributed by atoms with Gasteiger partial charge >= 0.3 is 6.01 Å². The van der Waals surface area contributed by atoms with E-state index in [0.29, 0.717) is 11.9 Å². The quantitative estimate of drug-likeness (QED) is 0.829. The van der Waals surface area contributed by atoms with Crippen molar-refractivity contribution >= 4 is 6.01 Å². The molecule has 0 radical (unpaired) electrons. The lowest BCUT2D eigenvalue weighted by molar-refractivity contribution is -0.116. The second-order valence-electron chi connectivity index (χ2n) is 6.89. The fourth-order valence-electron chi connectivity index (χ4n) is 3.79. The Morgan fingerprint density at radius 1 is 1.25 bits per heavy atom. The molecule has 1 spiro atoms. The zero-order chi connectivity index (χ0) is 16.6. The summed E-state index contributed by atoms with van der Waals surface area (Å²) in [6.45, 7) is 7.12. The molecule has 0 saturated carbocycles. The summed E-state index contributed by atoms with van der Waals surface area (Å²) in [6, 6.07) is 0.611. The molecular weight excluding hydrogens is 308 g/mol. The SMILES string of the molecule is Cc1nnc(N2CCC[C@@]3(CN(Cc4cnn(C)c4)CCO3)C2)o1. The Hall–Kier alpha value is -1.93. The van der Waals surface area contributed by atoms with Crippen LogP contribution in [0.1, 0.15) is 24.3 Å². The number of piperidine rings is 1. The van der Waals surface area contributed by atoms with Crippen molar-refractivity contribution in [2.75, 3.05) is 37.7 Å². The van der Waals surface area contributed by atoms with Crippen LogP contribution in [-0.4, -0.2) is 63.3 Å². The molecule has 0 aromatic carbocycles. The lowest BCUT2D eigenvalue weighted by atomic mass is 9.91. The molecule has 130 valence electrons. The van der Waals surface area contributed by atoms with Crippen molar-refractivity contribution in [1.82, 2.24) is 24.9 Å². The Morgan fingerprint density at radius 3 is 2.92 bits per heavy atom. The Morgan fingerprint density at radius 2 is 2.17 bits per heavy atom. The van der Waals surface area contributed by atoms with Gasteiger partial charge in [-0.1, -0.05) is 5.10 Å². The highest BCUT2D eigenvalue weighted by atomic mass is 16.5. The Bertz CT molecular complexity index is 694. The highest BCUT2D eigenvalue weighted by Crippen LogP contribution is 2.31. The molecule has 24 heavy (non-hydrogen) atoms. The lowest BCUT2D eigenvalue weighted by Gasteiger charge is -2.47. The molecule has 2 aliphatic heterocycles. The Kier molecular flexibility index (Phi) is 4.01. The second-order valence-corrected chi connectivity index (χ2v) is 6.89. The van der Waals surface area contributed by atoms with E-state index in [2.05, 4.69) is 31.3 Å². The molecule has 0 unspecified atom stereocenters. The summed E-state index contributed by atoms with van der Waals surface area (Å²) in [5.74, 6) is 0.604. The maximum atomic E-state index is 6.24. The van der Waals surface area contributed by atoms with Gasteiger partial charge in [-0.05, 0) is 12.8 Å². The molecule has 2 aliphatic rings. The van der Waals surface area contributed by atoms with Gasteiger partial charge in [-0.15, -0.1) is 5.10 Å². The van der Waals surface area contributed by atoms with E-state index < -0.39 is 0 Å². The summed E-state index contributed by atoms with van der Waals surface area (Å²) >= 11 is 0. The number of hydrogen-bond donors (Lipinski definition) is 0. The van der Waals surface area contributed by atoms with Crippen LogP contribution >= 0.6 is 0 Å².